The zero-order valence-electron chi connectivity index (χ0n) is 4.21. The quantitative estimate of drug-likeness (QED) is 0.541. The van der Waals surface area contributed by atoms with E-state index in [-0.39, 0.29) is 0 Å². The van der Waals surface area contributed by atoms with Gasteiger partial charge in [-0.3, -0.25) is 4.99 Å². The molecule has 0 saturated heterocycles. The molecule has 0 amide bonds. The lowest BCUT2D eigenvalue weighted by atomic mass is 10.3. The second-order valence-electron chi connectivity index (χ2n) is 1.67. The molecule has 0 radical (unpaired) electrons. The number of allylic oxidation sites excluding steroid dienone is 1. The summed E-state index contributed by atoms with van der Waals surface area (Å²) in [5, 5.41) is 9.09. The van der Waals surface area contributed by atoms with Crippen molar-refractivity contribution in [3.8, 4) is 0 Å². The molecule has 0 bridgehead atoms. The molecule has 0 fully saturated rings. The Labute approximate surface area is 56.1 Å². The fourth-order valence-electron chi connectivity index (χ4n) is 0.485. The second kappa shape index (κ2) is 1.99. The lowest BCUT2D eigenvalue weighted by Gasteiger charge is -2.14. The van der Waals surface area contributed by atoms with Crippen LogP contribution in [0.1, 0.15) is 0 Å². The van der Waals surface area contributed by atoms with Crippen LogP contribution in [0.5, 0.6) is 0 Å². The van der Waals surface area contributed by atoms with E-state index in [4.69, 9.17) is 5.11 Å². The molecule has 0 aromatic rings. The molecule has 0 spiro atoms. The minimum atomic E-state index is -0.887. The van der Waals surface area contributed by atoms with Crippen molar-refractivity contribution in [1.29, 1.82) is 0 Å². The van der Waals surface area contributed by atoms with Crippen LogP contribution >= 0.6 is 15.9 Å². The van der Waals surface area contributed by atoms with Crippen molar-refractivity contribution in [2.75, 3.05) is 6.54 Å². The molecule has 0 aliphatic carbocycles. The molecule has 1 aliphatic rings. The first kappa shape index (κ1) is 5.98. The Hall–Kier alpha value is -0.150. The zero-order chi connectivity index (χ0) is 6.04. The van der Waals surface area contributed by atoms with Gasteiger partial charge in [-0.05, 0) is 28.1 Å². The van der Waals surface area contributed by atoms with Crippen LogP contribution in [-0.4, -0.2) is 22.4 Å². The second-order valence-corrected chi connectivity index (χ2v) is 3.04. The monoisotopic (exact) mass is 175 g/mol. The topological polar surface area (TPSA) is 32.6 Å². The van der Waals surface area contributed by atoms with E-state index < -0.39 is 4.51 Å². The van der Waals surface area contributed by atoms with E-state index in [0.29, 0.717) is 6.54 Å². The van der Waals surface area contributed by atoms with Gasteiger partial charge in [0.25, 0.3) is 0 Å². The van der Waals surface area contributed by atoms with Gasteiger partial charge < -0.3 is 5.11 Å². The van der Waals surface area contributed by atoms with E-state index in [1.807, 2.05) is 0 Å². The fourth-order valence-corrected chi connectivity index (χ4v) is 0.782. The largest absolute Gasteiger partial charge is 0.373 e. The van der Waals surface area contributed by atoms with Crippen LogP contribution in [0, 0.1) is 0 Å². The number of nitrogens with zero attached hydrogens (tertiary/aromatic N) is 1. The molecule has 2 nitrogen and oxygen atoms in total. The van der Waals surface area contributed by atoms with Gasteiger partial charge in [0, 0.05) is 6.21 Å². The minimum Gasteiger partial charge on any atom is -0.373 e. The Bertz CT molecular complexity index is 139. The molecular weight excluding hydrogens is 170 g/mol. The van der Waals surface area contributed by atoms with Crippen molar-refractivity contribution in [1.82, 2.24) is 0 Å². The van der Waals surface area contributed by atoms with Crippen LogP contribution in [0.15, 0.2) is 17.1 Å². The number of dihydropyridines is 1. The Morgan fingerprint density at radius 1 is 1.75 bits per heavy atom. The van der Waals surface area contributed by atoms with Crippen LogP contribution in [-0.2, 0) is 0 Å². The summed E-state index contributed by atoms with van der Waals surface area (Å²) in [5.41, 5.74) is 0. The summed E-state index contributed by atoms with van der Waals surface area (Å²) in [7, 11) is 0. The standard InChI is InChI=1S/C5H6BrNO/c6-5(8)2-1-3-7-4-5/h1-3,8H,4H2. The molecule has 1 rings (SSSR count). The summed E-state index contributed by atoms with van der Waals surface area (Å²) >= 11 is 3.05. The Morgan fingerprint density at radius 3 is 2.75 bits per heavy atom. The predicted molar refractivity (Wildman–Crippen MR) is 36.4 cm³/mol. The minimum absolute atomic E-state index is 0.406. The van der Waals surface area contributed by atoms with Gasteiger partial charge in [-0.2, -0.15) is 0 Å². The highest BCUT2D eigenvalue weighted by molar-refractivity contribution is 9.10. The number of aliphatic hydroxyl groups is 1. The van der Waals surface area contributed by atoms with Gasteiger partial charge >= 0.3 is 0 Å². The van der Waals surface area contributed by atoms with E-state index in [1.165, 1.54) is 0 Å². The van der Waals surface area contributed by atoms with E-state index in [1.54, 1.807) is 18.4 Å². The summed E-state index contributed by atoms with van der Waals surface area (Å²) in [6.45, 7) is 0.406. The first-order chi connectivity index (χ1) is 3.71. The SMILES string of the molecule is OC1(Br)C=CC=NC1. The summed E-state index contributed by atoms with van der Waals surface area (Å²) in [6, 6.07) is 0. The van der Waals surface area contributed by atoms with Crippen LogP contribution < -0.4 is 0 Å². The molecule has 0 saturated carbocycles. The average Bonchev–Trinajstić information content (AvgIpc) is 1.65. The predicted octanol–water partition coefficient (Wildman–Crippen LogP) is 0.710. The molecule has 44 valence electrons. The van der Waals surface area contributed by atoms with Gasteiger partial charge in [0.2, 0.25) is 0 Å². The number of hydrogen-bond acceptors (Lipinski definition) is 2. The molecule has 1 heterocycles. The molecular formula is C5H6BrNO. The maximum absolute atomic E-state index is 9.09. The lowest BCUT2D eigenvalue weighted by Crippen LogP contribution is -2.22. The number of rotatable bonds is 0. The summed E-state index contributed by atoms with van der Waals surface area (Å²) < 4.78 is -0.887. The molecule has 3 heteroatoms. The number of alkyl halides is 1. The van der Waals surface area contributed by atoms with Crippen molar-refractivity contribution in [3.05, 3.63) is 12.2 Å². The maximum atomic E-state index is 9.09. The van der Waals surface area contributed by atoms with E-state index in [9.17, 15) is 0 Å². The summed E-state index contributed by atoms with van der Waals surface area (Å²) in [5.74, 6) is 0. The van der Waals surface area contributed by atoms with Crippen LogP contribution in [0.25, 0.3) is 0 Å². The van der Waals surface area contributed by atoms with Gasteiger partial charge in [0.05, 0.1) is 6.54 Å². The fraction of sp³-hybridized carbons (Fsp3) is 0.400. The normalized spacial score (nSPS) is 35.8. The van der Waals surface area contributed by atoms with Gasteiger partial charge in [-0.15, -0.1) is 0 Å². The average molecular weight is 176 g/mol. The molecule has 0 aromatic heterocycles. The highest BCUT2D eigenvalue weighted by Crippen LogP contribution is 2.17. The third-order valence-electron chi connectivity index (χ3n) is 0.856. The van der Waals surface area contributed by atoms with Gasteiger partial charge in [0.1, 0.15) is 0 Å². The first-order valence-corrected chi connectivity index (χ1v) is 3.09. The zero-order valence-corrected chi connectivity index (χ0v) is 5.80. The Kier molecular flexibility index (Phi) is 1.49. The van der Waals surface area contributed by atoms with Gasteiger partial charge in [0.15, 0.2) is 4.51 Å². The van der Waals surface area contributed by atoms with Crippen molar-refractivity contribution in [2.45, 2.75) is 4.51 Å². The first-order valence-electron chi connectivity index (χ1n) is 2.30. The third kappa shape index (κ3) is 1.42. The van der Waals surface area contributed by atoms with Crippen molar-refractivity contribution >= 4 is 22.1 Å². The van der Waals surface area contributed by atoms with Crippen molar-refractivity contribution < 1.29 is 5.11 Å². The summed E-state index contributed by atoms with van der Waals surface area (Å²) in [4.78, 5) is 3.82. The van der Waals surface area contributed by atoms with E-state index in [2.05, 4.69) is 20.9 Å². The molecule has 1 aliphatic heterocycles. The Balaban J connectivity index is 2.65. The van der Waals surface area contributed by atoms with E-state index in [0.717, 1.165) is 0 Å². The summed E-state index contributed by atoms with van der Waals surface area (Å²) in [6.07, 6.45) is 5.02. The third-order valence-corrected chi connectivity index (χ3v) is 1.37. The van der Waals surface area contributed by atoms with Crippen molar-refractivity contribution in [3.63, 3.8) is 0 Å². The van der Waals surface area contributed by atoms with E-state index >= 15 is 0 Å². The van der Waals surface area contributed by atoms with Crippen LogP contribution in [0.3, 0.4) is 0 Å². The van der Waals surface area contributed by atoms with Gasteiger partial charge in [-0.25, -0.2) is 0 Å². The van der Waals surface area contributed by atoms with Gasteiger partial charge in [-0.1, -0.05) is 0 Å². The number of aliphatic imine (C=N–C) groups is 1. The Morgan fingerprint density at radius 2 is 2.50 bits per heavy atom. The maximum Gasteiger partial charge on any atom is 0.157 e. The van der Waals surface area contributed by atoms with Crippen LogP contribution in [0.4, 0.5) is 0 Å². The van der Waals surface area contributed by atoms with Crippen LogP contribution in [0.2, 0.25) is 0 Å². The molecule has 1 N–H and O–H groups in total. The smallest absolute Gasteiger partial charge is 0.157 e. The molecule has 1 unspecified atom stereocenters. The molecule has 1 atom stereocenters. The molecule has 8 heavy (non-hydrogen) atoms. The number of halogens is 1. The van der Waals surface area contributed by atoms with Crippen molar-refractivity contribution in [2.24, 2.45) is 4.99 Å². The highest BCUT2D eigenvalue weighted by atomic mass is 79.9. The number of hydrogen-bond donors (Lipinski definition) is 1. The molecule has 0 aromatic carbocycles. The highest BCUT2D eigenvalue weighted by Gasteiger charge is 2.18. The lowest BCUT2D eigenvalue weighted by molar-refractivity contribution is 0.203.